The number of rotatable bonds is 4. The molecule has 1 aromatic carbocycles. The molecule has 0 saturated carbocycles. The van der Waals surface area contributed by atoms with Gasteiger partial charge in [-0.25, -0.2) is 15.0 Å². The second kappa shape index (κ2) is 7.55. The van der Waals surface area contributed by atoms with Gasteiger partial charge in [-0.1, -0.05) is 12.1 Å². The van der Waals surface area contributed by atoms with Crippen LogP contribution in [0.1, 0.15) is 36.1 Å². The van der Waals surface area contributed by atoms with Crippen LogP contribution in [-0.4, -0.2) is 37.1 Å². The number of hydrogen-bond donors (Lipinski definition) is 0. The SMILES string of the molecule is Cc1ncc(CN2CCCC2c2nc3ccccc3c(=O)n2CC(F)(F)F)cn1. The minimum atomic E-state index is -4.52. The molecule has 1 aliphatic rings. The van der Waals surface area contributed by atoms with Crippen LogP contribution < -0.4 is 5.56 Å². The molecule has 0 aliphatic carbocycles. The molecule has 4 rings (SSSR count). The molecule has 1 atom stereocenters. The van der Waals surface area contributed by atoms with Crippen molar-refractivity contribution in [3.8, 4) is 0 Å². The fourth-order valence-corrected chi connectivity index (χ4v) is 3.81. The van der Waals surface area contributed by atoms with E-state index in [1.54, 1.807) is 37.5 Å². The Morgan fingerprint density at radius 1 is 1.17 bits per heavy atom. The molecule has 0 bridgehead atoms. The fraction of sp³-hybridized carbons (Fsp3) is 0.400. The molecule has 0 radical (unpaired) electrons. The van der Waals surface area contributed by atoms with E-state index in [9.17, 15) is 18.0 Å². The average Bonchev–Trinajstić information content (AvgIpc) is 3.13. The molecule has 6 nitrogen and oxygen atoms in total. The molecule has 0 spiro atoms. The Morgan fingerprint density at radius 3 is 2.62 bits per heavy atom. The summed E-state index contributed by atoms with van der Waals surface area (Å²) in [7, 11) is 0. The van der Waals surface area contributed by atoms with Gasteiger partial charge in [0.1, 0.15) is 18.2 Å². The fourth-order valence-electron chi connectivity index (χ4n) is 3.81. The Kier molecular flexibility index (Phi) is 5.08. The molecular formula is C20H20F3N5O. The van der Waals surface area contributed by atoms with Crippen LogP contribution in [0.3, 0.4) is 0 Å². The molecule has 1 fully saturated rings. The van der Waals surface area contributed by atoms with Crippen molar-refractivity contribution in [2.75, 3.05) is 6.54 Å². The van der Waals surface area contributed by atoms with E-state index in [4.69, 9.17) is 0 Å². The number of hydrogen-bond acceptors (Lipinski definition) is 5. The first-order chi connectivity index (χ1) is 13.8. The Hall–Kier alpha value is -2.81. The van der Waals surface area contributed by atoms with Crippen molar-refractivity contribution in [2.45, 2.75) is 45.1 Å². The van der Waals surface area contributed by atoms with Crippen LogP contribution in [0.25, 0.3) is 10.9 Å². The smallest absolute Gasteiger partial charge is 0.289 e. The van der Waals surface area contributed by atoms with E-state index >= 15 is 0 Å². The summed E-state index contributed by atoms with van der Waals surface area (Å²) >= 11 is 0. The van der Waals surface area contributed by atoms with Crippen LogP contribution >= 0.6 is 0 Å². The van der Waals surface area contributed by atoms with E-state index in [1.165, 1.54) is 6.07 Å². The predicted molar refractivity (Wildman–Crippen MR) is 101 cm³/mol. The summed E-state index contributed by atoms with van der Waals surface area (Å²) in [6, 6.07) is 6.14. The lowest BCUT2D eigenvalue weighted by molar-refractivity contribution is -0.142. The summed E-state index contributed by atoms with van der Waals surface area (Å²) in [5, 5.41) is 0.192. The van der Waals surface area contributed by atoms with Gasteiger partial charge < -0.3 is 0 Å². The van der Waals surface area contributed by atoms with Crippen LogP contribution in [-0.2, 0) is 13.1 Å². The first-order valence-corrected chi connectivity index (χ1v) is 9.39. The highest BCUT2D eigenvalue weighted by Crippen LogP contribution is 2.33. The van der Waals surface area contributed by atoms with E-state index in [2.05, 4.69) is 15.0 Å². The van der Waals surface area contributed by atoms with Gasteiger partial charge in [-0.2, -0.15) is 13.2 Å². The number of aryl methyl sites for hydroxylation is 1. The zero-order chi connectivity index (χ0) is 20.6. The topological polar surface area (TPSA) is 63.9 Å². The summed E-state index contributed by atoms with van der Waals surface area (Å²) in [6.45, 7) is 1.63. The molecular weight excluding hydrogens is 383 g/mol. The third-order valence-electron chi connectivity index (χ3n) is 5.11. The average molecular weight is 403 g/mol. The highest BCUT2D eigenvalue weighted by Gasteiger charge is 2.35. The predicted octanol–water partition coefficient (Wildman–Crippen LogP) is 3.39. The van der Waals surface area contributed by atoms with E-state index in [1.807, 2.05) is 4.90 Å². The molecule has 3 aromatic rings. The molecule has 9 heteroatoms. The quantitative estimate of drug-likeness (QED) is 0.668. The summed E-state index contributed by atoms with van der Waals surface area (Å²) in [6.07, 6.45) is 0.362. The van der Waals surface area contributed by atoms with Crippen LogP contribution in [0.4, 0.5) is 13.2 Å². The minimum absolute atomic E-state index is 0.163. The van der Waals surface area contributed by atoms with Crippen molar-refractivity contribution in [1.82, 2.24) is 24.4 Å². The van der Waals surface area contributed by atoms with E-state index in [0.717, 1.165) is 16.6 Å². The number of halogens is 3. The van der Waals surface area contributed by atoms with Gasteiger partial charge in [0.05, 0.1) is 16.9 Å². The van der Waals surface area contributed by atoms with Crippen LogP contribution in [0.2, 0.25) is 0 Å². The lowest BCUT2D eigenvalue weighted by atomic mass is 10.1. The maximum atomic E-state index is 13.3. The van der Waals surface area contributed by atoms with Gasteiger partial charge in [-0.15, -0.1) is 0 Å². The zero-order valence-corrected chi connectivity index (χ0v) is 15.9. The third kappa shape index (κ3) is 4.14. The largest absolute Gasteiger partial charge is 0.406 e. The first kappa shape index (κ1) is 19.5. The lowest BCUT2D eigenvalue weighted by Gasteiger charge is -2.26. The van der Waals surface area contributed by atoms with Gasteiger partial charge >= 0.3 is 6.18 Å². The number of nitrogens with zero attached hydrogens (tertiary/aromatic N) is 5. The monoisotopic (exact) mass is 403 g/mol. The number of fused-ring (bicyclic) bond motifs is 1. The molecule has 3 heterocycles. The second-order valence-corrected chi connectivity index (χ2v) is 7.26. The molecule has 152 valence electrons. The first-order valence-electron chi connectivity index (χ1n) is 9.39. The molecule has 29 heavy (non-hydrogen) atoms. The Balaban J connectivity index is 1.77. The van der Waals surface area contributed by atoms with Crippen molar-refractivity contribution in [3.63, 3.8) is 0 Å². The summed E-state index contributed by atoms with van der Waals surface area (Å²) in [5.41, 5.74) is 0.623. The van der Waals surface area contributed by atoms with Gasteiger partial charge in [0.2, 0.25) is 0 Å². The van der Waals surface area contributed by atoms with Crippen molar-refractivity contribution in [3.05, 3.63) is 64.2 Å². The molecule has 0 amide bonds. The van der Waals surface area contributed by atoms with Crippen molar-refractivity contribution < 1.29 is 13.2 Å². The Bertz CT molecular complexity index is 1080. The minimum Gasteiger partial charge on any atom is -0.289 e. The summed E-state index contributed by atoms with van der Waals surface area (Å²) in [4.78, 5) is 27.8. The maximum Gasteiger partial charge on any atom is 0.406 e. The lowest BCUT2D eigenvalue weighted by Crippen LogP contribution is -2.35. The van der Waals surface area contributed by atoms with E-state index in [-0.39, 0.29) is 17.3 Å². The van der Waals surface area contributed by atoms with Gasteiger partial charge in [-0.05, 0) is 38.4 Å². The van der Waals surface area contributed by atoms with Crippen molar-refractivity contribution in [2.24, 2.45) is 0 Å². The Labute approximate surface area is 165 Å². The standard InChI is InChI=1S/C20H20F3N5O/c1-13-24-9-14(10-25-13)11-27-8-4-7-17(27)18-26-16-6-3-2-5-15(16)19(29)28(18)12-20(21,22)23/h2-3,5-6,9-10,17H,4,7-8,11-12H2,1H3. The van der Waals surface area contributed by atoms with Gasteiger partial charge in [0.25, 0.3) is 5.56 Å². The highest BCUT2D eigenvalue weighted by atomic mass is 19.4. The number of alkyl halides is 3. The second-order valence-electron chi connectivity index (χ2n) is 7.26. The maximum absolute atomic E-state index is 13.3. The normalized spacial score (nSPS) is 17.9. The van der Waals surface area contributed by atoms with Crippen molar-refractivity contribution >= 4 is 10.9 Å². The number of aromatic nitrogens is 4. The van der Waals surface area contributed by atoms with E-state index < -0.39 is 18.3 Å². The summed E-state index contributed by atoms with van der Waals surface area (Å²) < 4.78 is 40.5. The molecule has 0 N–H and O–H groups in total. The zero-order valence-electron chi connectivity index (χ0n) is 15.9. The molecule has 1 saturated heterocycles. The number of benzene rings is 1. The van der Waals surface area contributed by atoms with Crippen LogP contribution in [0, 0.1) is 6.92 Å². The molecule has 2 aromatic heterocycles. The van der Waals surface area contributed by atoms with Gasteiger partial charge in [-0.3, -0.25) is 14.3 Å². The van der Waals surface area contributed by atoms with Gasteiger partial charge in [0.15, 0.2) is 0 Å². The number of likely N-dealkylation sites (tertiary alicyclic amines) is 1. The summed E-state index contributed by atoms with van der Waals surface area (Å²) in [5.74, 6) is 0.818. The van der Waals surface area contributed by atoms with Crippen LogP contribution in [0.5, 0.6) is 0 Å². The third-order valence-corrected chi connectivity index (χ3v) is 5.11. The Morgan fingerprint density at radius 2 is 1.90 bits per heavy atom. The van der Waals surface area contributed by atoms with Crippen molar-refractivity contribution in [1.29, 1.82) is 0 Å². The van der Waals surface area contributed by atoms with E-state index in [0.29, 0.717) is 30.9 Å². The van der Waals surface area contributed by atoms with Gasteiger partial charge in [0, 0.05) is 24.5 Å². The highest BCUT2D eigenvalue weighted by molar-refractivity contribution is 5.77. The molecule has 1 unspecified atom stereocenters. The number of para-hydroxylation sites is 1. The molecule has 1 aliphatic heterocycles. The van der Waals surface area contributed by atoms with Crippen LogP contribution in [0.15, 0.2) is 41.5 Å².